The minimum Gasteiger partial charge on any atom is -0.476 e. The molecule has 2 aromatic heterocycles. The minimum atomic E-state index is -1.04. The van der Waals surface area contributed by atoms with Crippen LogP contribution in [-0.4, -0.2) is 28.3 Å². The molecule has 3 aromatic rings. The summed E-state index contributed by atoms with van der Waals surface area (Å²) in [5, 5.41) is 9.81. The van der Waals surface area contributed by atoms with Gasteiger partial charge in [-0.1, -0.05) is 12.1 Å². The van der Waals surface area contributed by atoms with Gasteiger partial charge in [-0.3, -0.25) is 4.99 Å². The van der Waals surface area contributed by atoms with Gasteiger partial charge in [-0.05, 0) is 30.5 Å². The quantitative estimate of drug-likeness (QED) is 0.753. The summed E-state index contributed by atoms with van der Waals surface area (Å²) in [6, 6.07) is 5.74. The lowest BCUT2D eigenvalue weighted by atomic mass is 10.0. The fourth-order valence-electron chi connectivity index (χ4n) is 2.86. The molecule has 0 saturated heterocycles. The number of rotatable bonds is 2. The summed E-state index contributed by atoms with van der Waals surface area (Å²) in [4.78, 5) is 20.6. The number of hydrogen-bond donors (Lipinski definition) is 2. The number of thiophene rings is 1. The SMILES string of the molecule is Cc1cccc2oc(-c3c(N)sc4c3CCN=C4C(=O)O)nc12. The highest BCUT2D eigenvalue weighted by Crippen LogP contribution is 2.41. The number of nitrogens with two attached hydrogens (primary N) is 1. The zero-order valence-electron chi connectivity index (χ0n) is 12.3. The van der Waals surface area contributed by atoms with Gasteiger partial charge in [0, 0.05) is 6.54 Å². The first-order valence-corrected chi connectivity index (χ1v) is 7.93. The Labute approximate surface area is 135 Å². The number of hydrogen-bond acceptors (Lipinski definition) is 6. The van der Waals surface area contributed by atoms with Gasteiger partial charge in [0.25, 0.3) is 0 Å². The van der Waals surface area contributed by atoms with Crippen LogP contribution in [0.25, 0.3) is 22.6 Å². The maximum Gasteiger partial charge on any atom is 0.355 e. The molecule has 1 aromatic carbocycles. The molecule has 3 heterocycles. The predicted molar refractivity (Wildman–Crippen MR) is 89.2 cm³/mol. The summed E-state index contributed by atoms with van der Waals surface area (Å²) < 4.78 is 5.86. The molecule has 0 unspecified atom stereocenters. The van der Waals surface area contributed by atoms with Gasteiger partial charge in [0.15, 0.2) is 11.3 Å². The van der Waals surface area contributed by atoms with E-state index < -0.39 is 5.97 Å². The van der Waals surface area contributed by atoms with E-state index in [4.69, 9.17) is 10.2 Å². The Kier molecular flexibility index (Phi) is 2.99. The Morgan fingerprint density at radius 3 is 3.00 bits per heavy atom. The highest BCUT2D eigenvalue weighted by molar-refractivity contribution is 7.19. The number of carboxylic acid groups (broad SMARTS) is 1. The fraction of sp³-hybridized carbons (Fsp3) is 0.188. The lowest BCUT2D eigenvalue weighted by Crippen LogP contribution is -2.19. The Hall–Kier alpha value is -2.67. The Balaban J connectivity index is 1.94. The van der Waals surface area contributed by atoms with E-state index in [2.05, 4.69) is 9.98 Å². The standard InChI is InChI=1S/C16H13N3O3S/c1-7-3-2-4-9-11(7)19-15(22-9)10-8-5-6-18-12(16(20)21)13(8)23-14(10)17/h2-4H,5-6,17H2,1H3,(H,20,21). The zero-order chi connectivity index (χ0) is 16.1. The van der Waals surface area contributed by atoms with Crippen molar-refractivity contribution in [3.63, 3.8) is 0 Å². The van der Waals surface area contributed by atoms with E-state index in [0.29, 0.717) is 39.9 Å². The van der Waals surface area contributed by atoms with Crippen LogP contribution in [0, 0.1) is 6.92 Å². The average Bonchev–Trinajstić information content (AvgIpc) is 3.07. The van der Waals surface area contributed by atoms with Crippen molar-refractivity contribution in [2.75, 3.05) is 12.3 Å². The van der Waals surface area contributed by atoms with Gasteiger partial charge in [-0.25, -0.2) is 9.78 Å². The molecular weight excluding hydrogens is 314 g/mol. The van der Waals surface area contributed by atoms with Crippen LogP contribution in [0.5, 0.6) is 0 Å². The second-order valence-electron chi connectivity index (χ2n) is 5.38. The molecule has 6 nitrogen and oxygen atoms in total. The number of nitrogen functional groups attached to an aromatic ring is 1. The van der Waals surface area contributed by atoms with Crippen LogP contribution in [0.3, 0.4) is 0 Å². The van der Waals surface area contributed by atoms with Crippen LogP contribution in [0.4, 0.5) is 5.00 Å². The zero-order valence-corrected chi connectivity index (χ0v) is 13.1. The number of benzene rings is 1. The van der Waals surface area contributed by atoms with Crippen LogP contribution >= 0.6 is 11.3 Å². The predicted octanol–water partition coefficient (Wildman–Crippen LogP) is 2.88. The highest BCUT2D eigenvalue weighted by Gasteiger charge is 2.29. The Morgan fingerprint density at radius 2 is 2.26 bits per heavy atom. The van der Waals surface area contributed by atoms with Crippen molar-refractivity contribution < 1.29 is 14.3 Å². The van der Waals surface area contributed by atoms with Crippen LogP contribution in [-0.2, 0) is 11.2 Å². The number of nitrogens with zero attached hydrogens (tertiary/aromatic N) is 2. The fourth-order valence-corrected chi connectivity index (χ4v) is 3.97. The first-order chi connectivity index (χ1) is 11.1. The molecule has 0 aliphatic carbocycles. The van der Waals surface area contributed by atoms with Gasteiger partial charge in [-0.15, -0.1) is 11.3 Å². The highest BCUT2D eigenvalue weighted by atomic mass is 32.1. The summed E-state index contributed by atoms with van der Waals surface area (Å²) in [6.07, 6.45) is 0.632. The Morgan fingerprint density at radius 1 is 1.43 bits per heavy atom. The summed E-state index contributed by atoms with van der Waals surface area (Å²) in [7, 11) is 0. The largest absolute Gasteiger partial charge is 0.476 e. The molecule has 0 bridgehead atoms. The van der Waals surface area contributed by atoms with Gasteiger partial charge in [-0.2, -0.15) is 0 Å². The monoisotopic (exact) mass is 327 g/mol. The molecule has 4 rings (SSSR count). The van der Waals surface area contributed by atoms with Gasteiger partial charge >= 0.3 is 5.97 Å². The molecule has 0 amide bonds. The summed E-state index contributed by atoms with van der Waals surface area (Å²) in [6.45, 7) is 2.40. The third-order valence-corrected chi connectivity index (χ3v) is 4.99. The summed E-state index contributed by atoms with van der Waals surface area (Å²) in [5.41, 5.74) is 10.3. The van der Waals surface area contributed by atoms with E-state index in [1.54, 1.807) is 0 Å². The molecule has 23 heavy (non-hydrogen) atoms. The van der Waals surface area contributed by atoms with E-state index >= 15 is 0 Å². The van der Waals surface area contributed by atoms with Crippen LogP contribution < -0.4 is 5.73 Å². The van der Waals surface area contributed by atoms with Crippen molar-refractivity contribution in [1.29, 1.82) is 0 Å². The molecular formula is C16H13N3O3S. The number of aliphatic carboxylic acids is 1. The van der Waals surface area contributed by atoms with Crippen molar-refractivity contribution in [2.24, 2.45) is 4.99 Å². The second kappa shape index (κ2) is 4.92. The molecule has 7 heteroatoms. The van der Waals surface area contributed by atoms with Gasteiger partial charge < -0.3 is 15.3 Å². The van der Waals surface area contributed by atoms with Crippen LogP contribution in [0.2, 0.25) is 0 Å². The molecule has 1 aliphatic heterocycles. The van der Waals surface area contributed by atoms with Crippen molar-refractivity contribution in [1.82, 2.24) is 4.98 Å². The lowest BCUT2D eigenvalue weighted by Gasteiger charge is -2.10. The maximum absolute atomic E-state index is 11.4. The van der Waals surface area contributed by atoms with E-state index in [-0.39, 0.29) is 5.71 Å². The second-order valence-corrected chi connectivity index (χ2v) is 6.43. The number of fused-ring (bicyclic) bond motifs is 2. The molecule has 116 valence electrons. The first-order valence-electron chi connectivity index (χ1n) is 7.12. The molecule has 1 aliphatic rings. The minimum absolute atomic E-state index is 0.0708. The van der Waals surface area contributed by atoms with Gasteiger partial charge in [0.2, 0.25) is 5.89 Å². The van der Waals surface area contributed by atoms with Crippen LogP contribution in [0.1, 0.15) is 16.0 Å². The molecule has 0 saturated carbocycles. The number of aliphatic imine (C=N–C) groups is 1. The van der Waals surface area contributed by atoms with E-state index in [1.165, 1.54) is 11.3 Å². The van der Waals surface area contributed by atoms with E-state index in [1.807, 2.05) is 25.1 Å². The smallest absolute Gasteiger partial charge is 0.355 e. The summed E-state index contributed by atoms with van der Waals surface area (Å²) >= 11 is 1.23. The number of aromatic nitrogens is 1. The third-order valence-electron chi connectivity index (χ3n) is 3.92. The van der Waals surface area contributed by atoms with E-state index in [9.17, 15) is 9.90 Å². The first kappa shape index (κ1) is 14.0. The van der Waals surface area contributed by atoms with E-state index in [0.717, 1.165) is 16.6 Å². The third kappa shape index (κ3) is 2.04. The number of carboxylic acids is 1. The number of carbonyl (C=O) groups is 1. The average molecular weight is 327 g/mol. The van der Waals surface area contributed by atoms with Crippen molar-refractivity contribution >= 4 is 39.1 Å². The number of anilines is 1. The molecule has 0 radical (unpaired) electrons. The lowest BCUT2D eigenvalue weighted by molar-refractivity contribution is -0.129. The molecule has 3 N–H and O–H groups in total. The van der Waals surface area contributed by atoms with Crippen LogP contribution in [0.15, 0.2) is 27.6 Å². The maximum atomic E-state index is 11.4. The number of oxazole rings is 1. The molecule has 0 fully saturated rings. The number of para-hydroxylation sites is 1. The van der Waals surface area contributed by atoms with Crippen molar-refractivity contribution in [2.45, 2.75) is 13.3 Å². The molecule has 0 spiro atoms. The normalized spacial score (nSPS) is 13.9. The van der Waals surface area contributed by atoms with Crippen molar-refractivity contribution in [3.8, 4) is 11.5 Å². The molecule has 0 atom stereocenters. The topological polar surface area (TPSA) is 102 Å². The number of aryl methyl sites for hydroxylation is 1. The Bertz CT molecular complexity index is 984. The van der Waals surface area contributed by atoms with Gasteiger partial charge in [0.1, 0.15) is 5.52 Å². The van der Waals surface area contributed by atoms with Crippen molar-refractivity contribution in [3.05, 3.63) is 34.2 Å². The van der Waals surface area contributed by atoms with Gasteiger partial charge in [0.05, 0.1) is 15.4 Å². The summed E-state index contributed by atoms with van der Waals surface area (Å²) in [5.74, 6) is -0.594.